The van der Waals surface area contributed by atoms with Crippen LogP contribution in [0.3, 0.4) is 0 Å². The molecule has 0 aliphatic heterocycles. The number of anilines is 1. The lowest BCUT2D eigenvalue weighted by Gasteiger charge is -2.10. The Morgan fingerprint density at radius 1 is 1.05 bits per heavy atom. The van der Waals surface area contributed by atoms with Gasteiger partial charge >= 0.3 is 0 Å². The Balaban J connectivity index is 1.75. The molecule has 3 rings (SSSR count). The van der Waals surface area contributed by atoms with Crippen molar-refractivity contribution in [3.8, 4) is 11.3 Å². The summed E-state index contributed by atoms with van der Waals surface area (Å²) in [7, 11) is 0. The van der Waals surface area contributed by atoms with Gasteiger partial charge in [0.1, 0.15) is 0 Å². The lowest BCUT2D eigenvalue weighted by Crippen LogP contribution is -2.01. The summed E-state index contributed by atoms with van der Waals surface area (Å²) in [6, 6.07) is 16.9. The monoisotopic (exact) mass is 277 g/mol. The Hall–Kier alpha value is -2.55. The fraction of sp³-hybridized carbons (Fsp3) is 0.167. The van der Waals surface area contributed by atoms with Crippen LogP contribution in [-0.4, -0.2) is 10.2 Å². The van der Waals surface area contributed by atoms with E-state index in [1.165, 1.54) is 16.7 Å². The number of aromatic nitrogens is 2. The average molecular weight is 277 g/mol. The zero-order valence-corrected chi connectivity index (χ0v) is 12.4. The molecule has 0 radical (unpaired) electrons. The minimum Gasteiger partial charge on any atom is -0.381 e. The van der Waals surface area contributed by atoms with Gasteiger partial charge in [0.2, 0.25) is 0 Å². The Labute approximate surface area is 125 Å². The second kappa shape index (κ2) is 5.83. The summed E-state index contributed by atoms with van der Waals surface area (Å²) in [4.78, 5) is 0. The van der Waals surface area contributed by atoms with Crippen molar-refractivity contribution in [2.45, 2.75) is 20.4 Å². The van der Waals surface area contributed by atoms with Gasteiger partial charge in [-0.25, -0.2) is 0 Å². The fourth-order valence-corrected chi connectivity index (χ4v) is 2.45. The number of benzene rings is 2. The van der Waals surface area contributed by atoms with E-state index >= 15 is 0 Å². The molecule has 21 heavy (non-hydrogen) atoms. The zero-order chi connectivity index (χ0) is 14.7. The van der Waals surface area contributed by atoms with E-state index in [1.807, 2.05) is 6.07 Å². The second-order valence-electron chi connectivity index (χ2n) is 5.33. The molecule has 0 saturated carbocycles. The normalized spacial score (nSPS) is 10.6. The molecule has 2 N–H and O–H groups in total. The maximum atomic E-state index is 4.00. The van der Waals surface area contributed by atoms with Crippen molar-refractivity contribution in [3.05, 3.63) is 71.4 Å². The van der Waals surface area contributed by atoms with Crippen LogP contribution in [0.2, 0.25) is 0 Å². The van der Waals surface area contributed by atoms with E-state index in [1.54, 1.807) is 6.20 Å². The molecule has 0 fully saturated rings. The minimum atomic E-state index is 0.832. The van der Waals surface area contributed by atoms with Gasteiger partial charge in [-0.15, -0.1) is 0 Å². The highest BCUT2D eigenvalue weighted by Gasteiger charge is 2.02. The minimum absolute atomic E-state index is 0.832. The number of nitrogens with zero attached hydrogens (tertiary/aromatic N) is 1. The lowest BCUT2D eigenvalue weighted by atomic mass is 10.1. The standard InChI is InChI=1S/C18H19N3/c1-13-6-7-16(14(2)10-13)12-19-17-5-3-4-15(11-17)18-8-9-20-21-18/h3-11,19H,12H2,1-2H3,(H,20,21). The van der Waals surface area contributed by atoms with E-state index in [9.17, 15) is 0 Å². The molecule has 0 amide bonds. The number of hydrogen-bond acceptors (Lipinski definition) is 2. The summed E-state index contributed by atoms with van der Waals surface area (Å²) in [5.41, 5.74) is 7.24. The molecular formula is C18H19N3. The molecule has 3 aromatic rings. The van der Waals surface area contributed by atoms with Crippen molar-refractivity contribution in [3.63, 3.8) is 0 Å². The van der Waals surface area contributed by atoms with Gasteiger partial charge in [-0.05, 0) is 43.2 Å². The van der Waals surface area contributed by atoms with Crippen LogP contribution < -0.4 is 5.32 Å². The van der Waals surface area contributed by atoms with E-state index in [2.05, 4.69) is 71.8 Å². The van der Waals surface area contributed by atoms with Crippen LogP contribution >= 0.6 is 0 Å². The van der Waals surface area contributed by atoms with E-state index in [-0.39, 0.29) is 0 Å². The Morgan fingerprint density at radius 3 is 2.71 bits per heavy atom. The highest BCUT2D eigenvalue weighted by Crippen LogP contribution is 2.21. The van der Waals surface area contributed by atoms with E-state index < -0.39 is 0 Å². The molecule has 0 aliphatic rings. The van der Waals surface area contributed by atoms with Gasteiger partial charge in [-0.1, -0.05) is 35.9 Å². The number of rotatable bonds is 4. The van der Waals surface area contributed by atoms with Crippen molar-refractivity contribution < 1.29 is 0 Å². The molecule has 2 aromatic carbocycles. The van der Waals surface area contributed by atoms with Gasteiger partial charge in [0.05, 0.1) is 5.69 Å². The van der Waals surface area contributed by atoms with Crippen molar-refractivity contribution in [1.82, 2.24) is 10.2 Å². The number of nitrogens with one attached hydrogen (secondary N) is 2. The Kier molecular flexibility index (Phi) is 3.73. The molecule has 3 nitrogen and oxygen atoms in total. The van der Waals surface area contributed by atoms with Gasteiger partial charge in [-0.3, -0.25) is 5.10 Å². The first kappa shape index (κ1) is 13.4. The molecule has 1 aromatic heterocycles. The number of H-pyrrole nitrogens is 1. The molecule has 0 spiro atoms. The summed E-state index contributed by atoms with van der Waals surface area (Å²) in [6.45, 7) is 5.11. The van der Waals surface area contributed by atoms with Crippen LogP contribution in [0.4, 0.5) is 5.69 Å². The van der Waals surface area contributed by atoms with Crippen LogP contribution in [-0.2, 0) is 6.54 Å². The van der Waals surface area contributed by atoms with Gasteiger partial charge in [0.25, 0.3) is 0 Å². The summed E-state index contributed by atoms with van der Waals surface area (Å²) >= 11 is 0. The molecule has 0 saturated heterocycles. The third-order valence-corrected chi connectivity index (χ3v) is 3.66. The van der Waals surface area contributed by atoms with Crippen LogP contribution in [0.15, 0.2) is 54.7 Å². The maximum absolute atomic E-state index is 4.00. The largest absolute Gasteiger partial charge is 0.381 e. The quantitative estimate of drug-likeness (QED) is 0.746. The van der Waals surface area contributed by atoms with Crippen molar-refractivity contribution in [2.24, 2.45) is 0 Å². The van der Waals surface area contributed by atoms with E-state index in [0.29, 0.717) is 0 Å². The summed E-state index contributed by atoms with van der Waals surface area (Å²) in [6.07, 6.45) is 1.77. The predicted molar refractivity (Wildman–Crippen MR) is 87.3 cm³/mol. The van der Waals surface area contributed by atoms with Gasteiger partial charge in [0, 0.05) is 24.0 Å². The Morgan fingerprint density at radius 2 is 1.95 bits per heavy atom. The third kappa shape index (κ3) is 3.14. The van der Waals surface area contributed by atoms with Crippen LogP contribution in [0, 0.1) is 13.8 Å². The van der Waals surface area contributed by atoms with E-state index in [4.69, 9.17) is 0 Å². The summed E-state index contributed by atoms with van der Waals surface area (Å²) in [5, 5.41) is 10.5. The highest BCUT2D eigenvalue weighted by molar-refractivity contribution is 5.64. The summed E-state index contributed by atoms with van der Waals surface area (Å²) in [5.74, 6) is 0. The first-order chi connectivity index (χ1) is 10.2. The van der Waals surface area contributed by atoms with Crippen LogP contribution in [0.1, 0.15) is 16.7 Å². The molecule has 0 aliphatic carbocycles. The summed E-state index contributed by atoms with van der Waals surface area (Å²) < 4.78 is 0. The molecule has 106 valence electrons. The highest BCUT2D eigenvalue weighted by atomic mass is 15.1. The molecule has 0 atom stereocenters. The number of aromatic amines is 1. The molecule has 1 heterocycles. The third-order valence-electron chi connectivity index (χ3n) is 3.66. The number of hydrogen-bond donors (Lipinski definition) is 2. The smallest absolute Gasteiger partial charge is 0.0650 e. The molecule has 0 unspecified atom stereocenters. The van der Waals surface area contributed by atoms with Crippen LogP contribution in [0.5, 0.6) is 0 Å². The predicted octanol–water partition coefficient (Wildman–Crippen LogP) is 4.31. The SMILES string of the molecule is Cc1ccc(CNc2cccc(-c3ccn[nH]3)c2)c(C)c1. The topological polar surface area (TPSA) is 40.7 Å². The number of aryl methyl sites for hydroxylation is 2. The van der Waals surface area contributed by atoms with Crippen molar-refractivity contribution >= 4 is 5.69 Å². The zero-order valence-electron chi connectivity index (χ0n) is 12.4. The molecule has 3 heteroatoms. The van der Waals surface area contributed by atoms with Gasteiger partial charge in [-0.2, -0.15) is 5.10 Å². The fourth-order valence-electron chi connectivity index (χ4n) is 2.45. The first-order valence-electron chi connectivity index (χ1n) is 7.12. The lowest BCUT2D eigenvalue weighted by molar-refractivity contribution is 1.09. The molecular weight excluding hydrogens is 258 g/mol. The van der Waals surface area contributed by atoms with E-state index in [0.717, 1.165) is 23.5 Å². The first-order valence-corrected chi connectivity index (χ1v) is 7.12. The van der Waals surface area contributed by atoms with Gasteiger partial charge in [0.15, 0.2) is 0 Å². The average Bonchev–Trinajstić information content (AvgIpc) is 3.01. The van der Waals surface area contributed by atoms with Crippen LogP contribution in [0.25, 0.3) is 11.3 Å². The van der Waals surface area contributed by atoms with Crippen molar-refractivity contribution in [1.29, 1.82) is 0 Å². The van der Waals surface area contributed by atoms with Crippen molar-refractivity contribution in [2.75, 3.05) is 5.32 Å². The maximum Gasteiger partial charge on any atom is 0.0650 e. The second-order valence-corrected chi connectivity index (χ2v) is 5.33. The molecule has 0 bridgehead atoms. The van der Waals surface area contributed by atoms with Gasteiger partial charge < -0.3 is 5.32 Å². The Bertz CT molecular complexity index is 730.